The second kappa shape index (κ2) is 12.5. The normalized spacial score (nSPS) is 16.1. The largest absolute Gasteiger partial charge is 0.462 e. The summed E-state index contributed by atoms with van der Waals surface area (Å²) in [4.78, 5) is 45.9. The minimum atomic E-state index is -3.86. The third kappa shape index (κ3) is 6.96. The summed E-state index contributed by atoms with van der Waals surface area (Å²) < 4.78 is 32.6. The van der Waals surface area contributed by atoms with Gasteiger partial charge in [-0.3, -0.25) is 14.3 Å². The van der Waals surface area contributed by atoms with Crippen LogP contribution in [-0.4, -0.2) is 62.3 Å². The van der Waals surface area contributed by atoms with E-state index in [0.29, 0.717) is 56.0 Å². The molecule has 2 aromatic rings. The Morgan fingerprint density at radius 3 is 2.48 bits per heavy atom. The molecule has 0 spiro atoms. The van der Waals surface area contributed by atoms with Crippen LogP contribution in [0.15, 0.2) is 30.3 Å². The molecule has 0 bridgehead atoms. The first-order valence-corrected chi connectivity index (χ1v) is 15.0. The van der Waals surface area contributed by atoms with E-state index < -0.39 is 27.8 Å². The van der Waals surface area contributed by atoms with E-state index in [-0.39, 0.29) is 35.9 Å². The van der Waals surface area contributed by atoms with Gasteiger partial charge >= 0.3 is 5.97 Å². The van der Waals surface area contributed by atoms with E-state index in [1.807, 2.05) is 24.0 Å². The second-order valence-corrected chi connectivity index (χ2v) is 11.8. The number of likely N-dealkylation sites (tertiary alicyclic amines) is 1. The Hall–Kier alpha value is -3.98. The lowest BCUT2D eigenvalue weighted by atomic mass is 9.96. The molecule has 0 aliphatic carbocycles. The SMILES string of the molecule is CCOC(=O)c1cc(C#N)c(N2CCC(C(=O)NS(=O)(=O)Cc3ccc(C)cc3)CC2)nc1CN1CCCC1=O. The quantitative estimate of drug-likeness (QED) is 0.451. The number of rotatable bonds is 9. The van der Waals surface area contributed by atoms with Crippen LogP contribution in [0.5, 0.6) is 0 Å². The molecule has 0 saturated carbocycles. The van der Waals surface area contributed by atoms with Gasteiger partial charge < -0.3 is 14.5 Å². The number of anilines is 1. The fourth-order valence-electron chi connectivity index (χ4n) is 4.95. The first kappa shape index (κ1) is 29.0. The van der Waals surface area contributed by atoms with Crippen LogP contribution < -0.4 is 9.62 Å². The molecule has 3 heterocycles. The molecule has 0 radical (unpaired) electrons. The second-order valence-electron chi connectivity index (χ2n) is 10.1. The maximum absolute atomic E-state index is 12.8. The lowest BCUT2D eigenvalue weighted by Crippen LogP contribution is -2.43. The van der Waals surface area contributed by atoms with Crippen molar-refractivity contribution >= 4 is 33.6 Å². The summed E-state index contributed by atoms with van der Waals surface area (Å²) in [6.45, 7) is 5.15. The number of hydrogen-bond donors (Lipinski definition) is 1. The standard InChI is InChI=1S/C28H33N5O6S/c1-3-39-28(36)23-15-22(16-29)26(30-24(23)17-33-12-4-5-25(33)34)32-13-10-21(11-14-32)27(35)31-40(37,38)18-20-8-6-19(2)7-9-20/h6-9,15,21H,3-5,10-14,17-18H2,1-2H3,(H,31,35). The van der Waals surface area contributed by atoms with Crippen molar-refractivity contribution < 1.29 is 27.5 Å². The Morgan fingerprint density at radius 2 is 1.88 bits per heavy atom. The number of carbonyl (C=O) groups excluding carboxylic acids is 3. The molecule has 2 saturated heterocycles. The maximum Gasteiger partial charge on any atom is 0.340 e. The molecule has 0 unspecified atom stereocenters. The van der Waals surface area contributed by atoms with Crippen LogP contribution in [0, 0.1) is 24.2 Å². The number of nitrogens with zero attached hydrogens (tertiary/aromatic N) is 4. The molecule has 11 nitrogen and oxygen atoms in total. The van der Waals surface area contributed by atoms with Crippen molar-refractivity contribution in [2.24, 2.45) is 5.92 Å². The van der Waals surface area contributed by atoms with Crippen molar-refractivity contribution in [2.45, 2.75) is 51.8 Å². The number of sulfonamides is 1. The van der Waals surface area contributed by atoms with E-state index in [1.165, 1.54) is 6.07 Å². The van der Waals surface area contributed by atoms with Crippen LogP contribution in [-0.2, 0) is 36.6 Å². The molecular formula is C28H33N5O6S. The molecule has 1 N–H and O–H groups in total. The van der Waals surface area contributed by atoms with Crippen molar-refractivity contribution in [1.82, 2.24) is 14.6 Å². The highest BCUT2D eigenvalue weighted by Gasteiger charge is 2.31. The summed E-state index contributed by atoms with van der Waals surface area (Å²) in [6.07, 6.45) is 1.89. The van der Waals surface area contributed by atoms with Gasteiger partial charge in [-0.1, -0.05) is 29.8 Å². The fraction of sp³-hybridized carbons (Fsp3) is 0.464. The number of carbonyl (C=O) groups is 3. The van der Waals surface area contributed by atoms with Gasteiger partial charge in [0.05, 0.1) is 35.7 Å². The highest BCUT2D eigenvalue weighted by atomic mass is 32.2. The van der Waals surface area contributed by atoms with Crippen molar-refractivity contribution in [1.29, 1.82) is 5.26 Å². The van der Waals surface area contributed by atoms with Gasteiger partial charge in [-0.2, -0.15) is 5.26 Å². The smallest absolute Gasteiger partial charge is 0.340 e. The first-order chi connectivity index (χ1) is 19.1. The zero-order chi connectivity index (χ0) is 28.9. The molecule has 2 amide bonds. The van der Waals surface area contributed by atoms with Crippen LogP contribution in [0.3, 0.4) is 0 Å². The molecule has 212 valence electrons. The monoisotopic (exact) mass is 567 g/mol. The molecule has 0 atom stereocenters. The number of piperidine rings is 1. The van der Waals surface area contributed by atoms with Gasteiger partial charge in [-0.05, 0) is 44.7 Å². The zero-order valence-electron chi connectivity index (χ0n) is 22.7. The number of aryl methyl sites for hydroxylation is 1. The number of nitrogens with one attached hydrogen (secondary N) is 1. The zero-order valence-corrected chi connectivity index (χ0v) is 23.5. The molecular weight excluding hydrogens is 534 g/mol. The minimum absolute atomic E-state index is 0.0216. The Kier molecular flexibility index (Phi) is 9.04. The van der Waals surface area contributed by atoms with Crippen molar-refractivity contribution in [3.8, 4) is 6.07 Å². The van der Waals surface area contributed by atoms with Crippen molar-refractivity contribution in [2.75, 3.05) is 31.1 Å². The van der Waals surface area contributed by atoms with Crippen LogP contribution in [0.25, 0.3) is 0 Å². The summed E-state index contributed by atoms with van der Waals surface area (Å²) in [5, 5.41) is 9.84. The lowest BCUT2D eigenvalue weighted by Gasteiger charge is -2.33. The van der Waals surface area contributed by atoms with Crippen molar-refractivity contribution in [3.63, 3.8) is 0 Å². The van der Waals surface area contributed by atoms with E-state index in [4.69, 9.17) is 4.74 Å². The number of pyridine rings is 1. The third-order valence-electron chi connectivity index (χ3n) is 7.11. The Labute approximate surface area is 234 Å². The van der Waals surface area contributed by atoms with E-state index in [0.717, 1.165) is 12.0 Å². The average Bonchev–Trinajstić information content (AvgIpc) is 3.33. The summed E-state index contributed by atoms with van der Waals surface area (Å²) in [5.41, 5.74) is 2.29. The lowest BCUT2D eigenvalue weighted by molar-refractivity contribution is -0.128. The average molecular weight is 568 g/mol. The van der Waals surface area contributed by atoms with Crippen LogP contribution in [0.4, 0.5) is 5.82 Å². The van der Waals surface area contributed by atoms with E-state index in [2.05, 4.69) is 15.8 Å². The number of esters is 1. The summed E-state index contributed by atoms with van der Waals surface area (Å²) in [7, 11) is -3.86. The number of nitriles is 1. The number of hydrogen-bond acceptors (Lipinski definition) is 9. The molecule has 40 heavy (non-hydrogen) atoms. The van der Waals surface area contributed by atoms with E-state index >= 15 is 0 Å². The molecule has 4 rings (SSSR count). The number of benzene rings is 1. The van der Waals surface area contributed by atoms with Gasteiger partial charge in [-0.25, -0.2) is 18.2 Å². The van der Waals surface area contributed by atoms with Gasteiger partial charge in [0.15, 0.2) is 0 Å². The Morgan fingerprint density at radius 1 is 1.18 bits per heavy atom. The van der Waals surface area contributed by atoms with Gasteiger partial charge in [-0.15, -0.1) is 0 Å². The first-order valence-electron chi connectivity index (χ1n) is 13.3. The van der Waals surface area contributed by atoms with Gasteiger partial charge in [0.1, 0.15) is 11.9 Å². The van der Waals surface area contributed by atoms with E-state index in [1.54, 1.807) is 24.0 Å². The summed E-state index contributed by atoms with van der Waals surface area (Å²) >= 11 is 0. The van der Waals surface area contributed by atoms with Gasteiger partial charge in [0.25, 0.3) is 0 Å². The molecule has 2 aliphatic rings. The van der Waals surface area contributed by atoms with E-state index in [9.17, 15) is 28.1 Å². The van der Waals surface area contributed by atoms with Crippen molar-refractivity contribution in [3.05, 3.63) is 58.3 Å². The highest BCUT2D eigenvalue weighted by Crippen LogP contribution is 2.28. The third-order valence-corrected chi connectivity index (χ3v) is 8.33. The Bertz CT molecular complexity index is 1430. The molecule has 1 aromatic heterocycles. The fourth-order valence-corrected chi connectivity index (χ4v) is 6.13. The predicted octanol–water partition coefficient (Wildman–Crippen LogP) is 2.42. The Balaban J connectivity index is 1.47. The van der Waals surface area contributed by atoms with Crippen LogP contribution in [0.1, 0.15) is 65.3 Å². The summed E-state index contributed by atoms with van der Waals surface area (Å²) in [5.74, 6) is -1.62. The number of aromatic nitrogens is 1. The van der Waals surface area contributed by atoms with Gasteiger partial charge in [0.2, 0.25) is 21.8 Å². The predicted molar refractivity (Wildman–Crippen MR) is 146 cm³/mol. The maximum atomic E-state index is 12.8. The molecule has 2 aliphatic heterocycles. The van der Waals surface area contributed by atoms with Crippen LogP contribution in [0.2, 0.25) is 0 Å². The minimum Gasteiger partial charge on any atom is -0.462 e. The number of amides is 2. The summed E-state index contributed by atoms with van der Waals surface area (Å²) in [6, 6.07) is 10.6. The van der Waals surface area contributed by atoms with Gasteiger partial charge in [0, 0.05) is 32.0 Å². The highest BCUT2D eigenvalue weighted by molar-refractivity contribution is 7.89. The molecule has 12 heteroatoms. The topological polar surface area (TPSA) is 150 Å². The van der Waals surface area contributed by atoms with Crippen LogP contribution >= 0.6 is 0 Å². The number of ether oxygens (including phenoxy) is 1. The molecule has 1 aromatic carbocycles. The molecule has 2 fully saturated rings.